The number of H-pyrrole nitrogens is 1. The molecule has 0 amide bonds. The molecule has 0 bridgehead atoms. The van der Waals surface area contributed by atoms with E-state index in [1.807, 2.05) is 54.6 Å². The van der Waals surface area contributed by atoms with Crippen LogP contribution < -0.4 is 10.2 Å². The van der Waals surface area contributed by atoms with E-state index in [9.17, 15) is 0 Å². The molecule has 0 spiro atoms. The summed E-state index contributed by atoms with van der Waals surface area (Å²) in [4.78, 5) is 4.03. The minimum Gasteiger partial charge on any atom is -0.486 e. The van der Waals surface area contributed by atoms with Gasteiger partial charge in [0.05, 0.1) is 16.6 Å². The van der Waals surface area contributed by atoms with Gasteiger partial charge < -0.3 is 10.2 Å². The SMILES string of the molecule is S=c1[nH]nc(-c2ccncc2)n1NCc1cc(Cl)c(OCc2ccccc2)c(Cl)c1. The molecule has 0 radical (unpaired) electrons. The molecule has 0 unspecified atom stereocenters. The van der Waals surface area contributed by atoms with E-state index in [0.29, 0.717) is 39.5 Å². The molecule has 0 fully saturated rings. The molecule has 0 saturated heterocycles. The highest BCUT2D eigenvalue weighted by Gasteiger charge is 2.12. The van der Waals surface area contributed by atoms with Crippen LogP contribution in [0.1, 0.15) is 11.1 Å². The normalized spacial score (nSPS) is 10.7. The Kier molecular flexibility index (Phi) is 6.32. The van der Waals surface area contributed by atoms with Crippen molar-refractivity contribution in [2.75, 3.05) is 5.43 Å². The molecule has 152 valence electrons. The first kappa shape index (κ1) is 20.4. The van der Waals surface area contributed by atoms with Gasteiger partial charge in [-0.2, -0.15) is 5.10 Å². The van der Waals surface area contributed by atoms with E-state index in [1.54, 1.807) is 17.1 Å². The van der Waals surface area contributed by atoms with Gasteiger partial charge in [0.15, 0.2) is 11.6 Å². The van der Waals surface area contributed by atoms with E-state index >= 15 is 0 Å². The quantitative estimate of drug-likeness (QED) is 0.351. The Bertz CT molecular complexity index is 1170. The van der Waals surface area contributed by atoms with Crippen LogP contribution in [0.15, 0.2) is 67.0 Å². The van der Waals surface area contributed by atoms with E-state index < -0.39 is 0 Å². The van der Waals surface area contributed by atoms with Crippen LogP contribution in [0, 0.1) is 4.77 Å². The second-order valence-electron chi connectivity index (χ2n) is 6.42. The average Bonchev–Trinajstić information content (AvgIpc) is 3.13. The van der Waals surface area contributed by atoms with Crippen molar-refractivity contribution in [2.45, 2.75) is 13.2 Å². The van der Waals surface area contributed by atoms with Gasteiger partial charge in [-0.25, -0.2) is 9.77 Å². The molecule has 0 aliphatic heterocycles. The lowest BCUT2D eigenvalue weighted by Gasteiger charge is -2.14. The fraction of sp³-hybridized carbons (Fsp3) is 0.0952. The molecule has 2 aromatic heterocycles. The largest absolute Gasteiger partial charge is 0.486 e. The van der Waals surface area contributed by atoms with Crippen LogP contribution in [0.3, 0.4) is 0 Å². The zero-order chi connectivity index (χ0) is 20.9. The van der Waals surface area contributed by atoms with Crippen LogP contribution in [-0.4, -0.2) is 19.9 Å². The summed E-state index contributed by atoms with van der Waals surface area (Å²) < 4.78 is 7.97. The van der Waals surface area contributed by atoms with Crippen molar-refractivity contribution in [3.8, 4) is 17.1 Å². The summed E-state index contributed by atoms with van der Waals surface area (Å²) in [5.41, 5.74) is 6.04. The number of ether oxygens (including phenoxy) is 1. The molecule has 4 aromatic rings. The number of aromatic amines is 1. The summed E-state index contributed by atoms with van der Waals surface area (Å²) in [6.45, 7) is 0.821. The topological polar surface area (TPSA) is 67.8 Å². The van der Waals surface area contributed by atoms with E-state index in [2.05, 4.69) is 20.6 Å². The highest BCUT2D eigenvalue weighted by Crippen LogP contribution is 2.35. The lowest BCUT2D eigenvalue weighted by Crippen LogP contribution is -2.16. The highest BCUT2D eigenvalue weighted by atomic mass is 35.5. The highest BCUT2D eigenvalue weighted by molar-refractivity contribution is 7.71. The van der Waals surface area contributed by atoms with Crippen LogP contribution in [0.5, 0.6) is 5.75 Å². The Hall–Kier alpha value is -2.87. The molecule has 9 heteroatoms. The molecule has 4 rings (SSSR count). The van der Waals surface area contributed by atoms with Gasteiger partial charge in [0, 0.05) is 18.0 Å². The molecule has 0 aliphatic carbocycles. The maximum Gasteiger partial charge on any atom is 0.214 e. The molecule has 0 saturated carbocycles. The zero-order valence-corrected chi connectivity index (χ0v) is 18.0. The van der Waals surface area contributed by atoms with Crippen molar-refractivity contribution < 1.29 is 4.74 Å². The number of hydrogen-bond acceptors (Lipinski definition) is 5. The number of rotatable bonds is 7. The summed E-state index contributed by atoms with van der Waals surface area (Å²) >= 11 is 18.2. The lowest BCUT2D eigenvalue weighted by molar-refractivity contribution is 0.306. The van der Waals surface area contributed by atoms with E-state index in [1.165, 1.54) is 0 Å². The van der Waals surface area contributed by atoms with Gasteiger partial charge in [0.2, 0.25) is 4.77 Å². The molecular formula is C21H17Cl2N5OS. The molecular weight excluding hydrogens is 441 g/mol. The van der Waals surface area contributed by atoms with Gasteiger partial charge in [0.25, 0.3) is 0 Å². The predicted octanol–water partition coefficient (Wildman–Crippen LogP) is 5.63. The summed E-state index contributed by atoms with van der Waals surface area (Å²) in [6.07, 6.45) is 3.40. The van der Waals surface area contributed by atoms with Crippen molar-refractivity contribution in [1.29, 1.82) is 0 Å². The number of benzene rings is 2. The van der Waals surface area contributed by atoms with Crippen molar-refractivity contribution in [3.05, 3.63) is 92.9 Å². The van der Waals surface area contributed by atoms with Gasteiger partial charge in [-0.1, -0.05) is 53.5 Å². The zero-order valence-electron chi connectivity index (χ0n) is 15.7. The monoisotopic (exact) mass is 457 g/mol. The minimum atomic E-state index is 0.386. The molecule has 6 nitrogen and oxygen atoms in total. The number of hydrogen-bond donors (Lipinski definition) is 2. The van der Waals surface area contributed by atoms with Gasteiger partial charge in [-0.05, 0) is 47.6 Å². The van der Waals surface area contributed by atoms with Crippen LogP contribution in [0.4, 0.5) is 0 Å². The first-order valence-corrected chi connectivity index (χ1v) is 10.2. The third kappa shape index (κ3) is 4.64. The van der Waals surface area contributed by atoms with Crippen LogP contribution in [0.25, 0.3) is 11.4 Å². The van der Waals surface area contributed by atoms with E-state index in [4.69, 9.17) is 40.2 Å². The second kappa shape index (κ2) is 9.30. The molecule has 2 N–H and O–H groups in total. The Morgan fingerprint density at radius 2 is 1.70 bits per heavy atom. The summed E-state index contributed by atoms with van der Waals surface area (Å²) in [6, 6.07) is 17.2. The average molecular weight is 458 g/mol. The van der Waals surface area contributed by atoms with Crippen molar-refractivity contribution in [1.82, 2.24) is 19.9 Å². The van der Waals surface area contributed by atoms with Crippen LogP contribution in [-0.2, 0) is 13.2 Å². The molecule has 0 atom stereocenters. The van der Waals surface area contributed by atoms with Crippen molar-refractivity contribution in [3.63, 3.8) is 0 Å². The summed E-state index contributed by atoms with van der Waals surface area (Å²) in [7, 11) is 0. The minimum absolute atomic E-state index is 0.386. The smallest absolute Gasteiger partial charge is 0.214 e. The summed E-state index contributed by atoms with van der Waals surface area (Å²) in [5.74, 6) is 1.12. The maximum absolute atomic E-state index is 6.43. The fourth-order valence-corrected chi connectivity index (χ4v) is 3.73. The molecule has 30 heavy (non-hydrogen) atoms. The van der Waals surface area contributed by atoms with Crippen LogP contribution >= 0.6 is 35.4 Å². The first-order valence-electron chi connectivity index (χ1n) is 9.08. The van der Waals surface area contributed by atoms with Gasteiger partial charge in [0.1, 0.15) is 6.61 Å². The van der Waals surface area contributed by atoms with E-state index in [-0.39, 0.29) is 0 Å². The Morgan fingerprint density at radius 3 is 2.40 bits per heavy atom. The van der Waals surface area contributed by atoms with E-state index in [0.717, 1.165) is 16.7 Å². The molecule has 2 heterocycles. The van der Waals surface area contributed by atoms with Crippen molar-refractivity contribution in [2.24, 2.45) is 0 Å². The standard InChI is InChI=1S/C21H17Cl2N5OS/c22-17-10-15(11-18(23)19(17)29-13-14-4-2-1-3-5-14)12-25-28-20(26-27-21(28)30)16-6-8-24-9-7-16/h1-11,25H,12-13H2,(H,27,30). The number of nitrogens with one attached hydrogen (secondary N) is 2. The van der Waals surface area contributed by atoms with Crippen molar-refractivity contribution >= 4 is 35.4 Å². The molecule has 2 aromatic carbocycles. The summed E-state index contributed by atoms with van der Waals surface area (Å²) in [5, 5.41) is 7.97. The van der Waals surface area contributed by atoms with Gasteiger partial charge in [-0.15, -0.1) is 0 Å². The number of pyridine rings is 1. The maximum atomic E-state index is 6.43. The third-order valence-corrected chi connectivity index (χ3v) is 5.17. The third-order valence-electron chi connectivity index (χ3n) is 4.34. The Morgan fingerprint density at radius 1 is 1.00 bits per heavy atom. The Labute approximate surface area is 188 Å². The first-order chi connectivity index (χ1) is 14.6. The second-order valence-corrected chi connectivity index (χ2v) is 7.62. The predicted molar refractivity (Wildman–Crippen MR) is 121 cm³/mol. The fourth-order valence-electron chi connectivity index (χ4n) is 2.89. The Balaban J connectivity index is 1.49. The van der Waals surface area contributed by atoms with Gasteiger partial charge >= 0.3 is 0 Å². The number of nitrogens with zero attached hydrogens (tertiary/aromatic N) is 3. The number of aromatic nitrogens is 4. The lowest BCUT2D eigenvalue weighted by atomic mass is 10.2. The molecule has 0 aliphatic rings. The van der Waals surface area contributed by atoms with Crippen LogP contribution in [0.2, 0.25) is 10.0 Å². The number of halogens is 2. The van der Waals surface area contributed by atoms with Gasteiger partial charge in [-0.3, -0.25) is 4.98 Å².